The molecule has 0 aliphatic carbocycles. The van der Waals surface area contributed by atoms with Gasteiger partial charge in [-0.3, -0.25) is 19.8 Å². The number of benzene rings is 1. The fourth-order valence-electron chi connectivity index (χ4n) is 2.54. The van der Waals surface area contributed by atoms with E-state index in [1.165, 1.54) is 16.4 Å². The molecule has 1 N–H and O–H groups in total. The van der Waals surface area contributed by atoms with Crippen LogP contribution < -0.4 is 5.32 Å². The maximum atomic E-state index is 12.5. The van der Waals surface area contributed by atoms with Gasteiger partial charge in [0.25, 0.3) is 11.8 Å². The second kappa shape index (κ2) is 8.51. The van der Waals surface area contributed by atoms with Gasteiger partial charge in [-0.05, 0) is 42.3 Å². The number of hydrogen-bond acceptors (Lipinski definition) is 6. The number of halogens is 1. The second-order valence-electron chi connectivity index (χ2n) is 5.76. The zero-order valence-electron chi connectivity index (χ0n) is 14.1. The van der Waals surface area contributed by atoms with Gasteiger partial charge in [0.1, 0.15) is 9.91 Å². The molecule has 0 bridgehead atoms. The van der Waals surface area contributed by atoms with Gasteiger partial charge < -0.3 is 0 Å². The lowest BCUT2D eigenvalue weighted by molar-refractivity contribution is -0.128. The van der Waals surface area contributed by atoms with Gasteiger partial charge in [-0.25, -0.2) is 0 Å². The van der Waals surface area contributed by atoms with E-state index in [1.807, 2.05) is 24.3 Å². The van der Waals surface area contributed by atoms with Crippen molar-refractivity contribution in [2.45, 2.75) is 12.8 Å². The molecule has 1 aliphatic heterocycles. The van der Waals surface area contributed by atoms with E-state index in [-0.39, 0.29) is 17.2 Å². The molecule has 1 saturated heterocycles. The smallest absolute Gasteiger partial charge is 0.265 e. The SMILES string of the molecule is C=CCN1C(=O)C(=Cc2ccc(CCc3nnsc3Cl)cc2)C(=O)NC1=S. The number of aromatic nitrogens is 2. The lowest BCUT2D eigenvalue weighted by Gasteiger charge is -2.27. The summed E-state index contributed by atoms with van der Waals surface area (Å²) < 4.78 is 4.43. The highest BCUT2D eigenvalue weighted by molar-refractivity contribution is 7.80. The molecule has 0 atom stereocenters. The molecule has 0 spiro atoms. The van der Waals surface area contributed by atoms with Crippen LogP contribution in [0.3, 0.4) is 0 Å². The first-order chi connectivity index (χ1) is 13.0. The average Bonchev–Trinajstić information content (AvgIpc) is 3.06. The third-order valence-electron chi connectivity index (χ3n) is 3.95. The van der Waals surface area contributed by atoms with Crippen LogP contribution in [-0.4, -0.2) is 38.0 Å². The lowest BCUT2D eigenvalue weighted by Crippen LogP contribution is -2.53. The summed E-state index contributed by atoms with van der Waals surface area (Å²) in [6.07, 6.45) is 4.58. The number of thiocarbonyl (C=S) groups is 1. The molecule has 1 fully saturated rings. The third-order valence-corrected chi connectivity index (χ3v) is 5.25. The Hall–Kier alpha value is -2.42. The van der Waals surface area contributed by atoms with E-state index in [0.717, 1.165) is 23.2 Å². The molecule has 1 aromatic carbocycles. The van der Waals surface area contributed by atoms with E-state index in [4.69, 9.17) is 23.8 Å². The fourth-order valence-corrected chi connectivity index (χ4v) is 3.48. The molecular formula is C18H15ClN4O2S2. The summed E-state index contributed by atoms with van der Waals surface area (Å²) in [5.41, 5.74) is 2.67. The number of carbonyl (C=O) groups excluding carboxylic acids is 2. The second-order valence-corrected chi connectivity index (χ2v) is 7.50. The van der Waals surface area contributed by atoms with Crippen LogP contribution in [0.4, 0.5) is 0 Å². The molecule has 138 valence electrons. The van der Waals surface area contributed by atoms with Gasteiger partial charge in [-0.1, -0.05) is 46.4 Å². The van der Waals surface area contributed by atoms with Crippen molar-refractivity contribution in [3.8, 4) is 0 Å². The lowest BCUT2D eigenvalue weighted by atomic mass is 10.0. The number of rotatable bonds is 6. The summed E-state index contributed by atoms with van der Waals surface area (Å²) >= 11 is 12.2. The number of aryl methyl sites for hydroxylation is 2. The molecule has 0 unspecified atom stereocenters. The highest BCUT2D eigenvalue weighted by Crippen LogP contribution is 2.20. The quantitative estimate of drug-likeness (QED) is 0.338. The molecule has 27 heavy (non-hydrogen) atoms. The van der Waals surface area contributed by atoms with Crippen molar-refractivity contribution in [1.29, 1.82) is 0 Å². The Morgan fingerprint density at radius 1 is 1.26 bits per heavy atom. The normalized spacial score (nSPS) is 16.0. The van der Waals surface area contributed by atoms with Crippen molar-refractivity contribution in [3.05, 3.63) is 63.7 Å². The molecule has 1 aromatic heterocycles. The number of amides is 2. The molecule has 0 saturated carbocycles. The van der Waals surface area contributed by atoms with E-state index < -0.39 is 11.8 Å². The van der Waals surface area contributed by atoms with Gasteiger partial charge in [0.2, 0.25) is 0 Å². The summed E-state index contributed by atoms with van der Waals surface area (Å²) in [4.78, 5) is 25.9. The Morgan fingerprint density at radius 2 is 2.00 bits per heavy atom. The Balaban J connectivity index is 1.73. The van der Waals surface area contributed by atoms with Crippen molar-refractivity contribution in [2.75, 3.05) is 6.54 Å². The predicted molar refractivity (Wildman–Crippen MR) is 109 cm³/mol. The van der Waals surface area contributed by atoms with Crippen LogP contribution in [0.5, 0.6) is 0 Å². The zero-order valence-corrected chi connectivity index (χ0v) is 16.5. The minimum Gasteiger partial charge on any atom is -0.298 e. The van der Waals surface area contributed by atoms with Gasteiger partial charge in [-0.2, -0.15) is 0 Å². The molecule has 1 aliphatic rings. The summed E-state index contributed by atoms with van der Waals surface area (Å²) in [6.45, 7) is 3.84. The standard InChI is InChI=1S/C18H15ClN4O2S2/c1-2-9-23-17(25)13(16(24)20-18(23)26)10-12-5-3-11(4-6-12)7-8-14-15(19)27-22-21-14/h2-6,10H,1,7-9H2,(H,20,24,26). The first-order valence-electron chi connectivity index (χ1n) is 8.05. The molecule has 0 radical (unpaired) electrons. The number of hydrogen-bond donors (Lipinski definition) is 1. The Bertz CT molecular complexity index is 937. The highest BCUT2D eigenvalue weighted by Gasteiger charge is 2.32. The van der Waals surface area contributed by atoms with E-state index >= 15 is 0 Å². The summed E-state index contributed by atoms with van der Waals surface area (Å²) in [5.74, 6) is -0.932. The van der Waals surface area contributed by atoms with Gasteiger partial charge in [-0.15, -0.1) is 11.7 Å². The Labute approximate surface area is 170 Å². The molecule has 2 aromatic rings. The third kappa shape index (κ3) is 4.47. The largest absolute Gasteiger partial charge is 0.298 e. The maximum absolute atomic E-state index is 12.5. The van der Waals surface area contributed by atoms with Crippen LogP contribution in [0.2, 0.25) is 4.34 Å². The molecule has 9 heteroatoms. The van der Waals surface area contributed by atoms with Crippen molar-refractivity contribution in [1.82, 2.24) is 19.8 Å². The van der Waals surface area contributed by atoms with Crippen molar-refractivity contribution in [3.63, 3.8) is 0 Å². The zero-order chi connectivity index (χ0) is 19.4. The first kappa shape index (κ1) is 19.3. The fraction of sp³-hybridized carbons (Fsp3) is 0.167. The molecule has 6 nitrogen and oxygen atoms in total. The Morgan fingerprint density at radius 3 is 2.63 bits per heavy atom. The molecule has 3 rings (SSSR count). The van der Waals surface area contributed by atoms with Crippen molar-refractivity contribution >= 4 is 58.4 Å². The van der Waals surface area contributed by atoms with Crippen LogP contribution in [0.1, 0.15) is 16.8 Å². The highest BCUT2D eigenvalue weighted by atomic mass is 35.5. The van der Waals surface area contributed by atoms with Crippen LogP contribution in [0.25, 0.3) is 6.08 Å². The molecular weight excluding hydrogens is 404 g/mol. The van der Waals surface area contributed by atoms with E-state index in [2.05, 4.69) is 21.5 Å². The number of carbonyl (C=O) groups is 2. The Kier molecular flexibility index (Phi) is 6.10. The van der Waals surface area contributed by atoms with E-state index in [1.54, 1.807) is 12.2 Å². The van der Waals surface area contributed by atoms with Crippen molar-refractivity contribution < 1.29 is 9.59 Å². The minimum atomic E-state index is -0.500. The topological polar surface area (TPSA) is 75.2 Å². The average molecular weight is 419 g/mol. The van der Waals surface area contributed by atoms with Gasteiger partial charge in [0.15, 0.2) is 5.11 Å². The van der Waals surface area contributed by atoms with Gasteiger partial charge >= 0.3 is 0 Å². The van der Waals surface area contributed by atoms with Crippen LogP contribution in [0.15, 0.2) is 42.5 Å². The maximum Gasteiger partial charge on any atom is 0.265 e. The summed E-state index contributed by atoms with van der Waals surface area (Å²) in [6, 6.07) is 7.60. The molecule has 2 amide bonds. The molecule has 2 heterocycles. The van der Waals surface area contributed by atoms with E-state index in [0.29, 0.717) is 10.8 Å². The van der Waals surface area contributed by atoms with Crippen LogP contribution in [0, 0.1) is 0 Å². The number of nitrogens with zero attached hydrogens (tertiary/aromatic N) is 3. The van der Waals surface area contributed by atoms with E-state index in [9.17, 15) is 9.59 Å². The monoisotopic (exact) mass is 418 g/mol. The van der Waals surface area contributed by atoms with Crippen LogP contribution >= 0.6 is 35.4 Å². The van der Waals surface area contributed by atoms with Crippen LogP contribution in [-0.2, 0) is 22.4 Å². The number of nitrogens with one attached hydrogen (secondary N) is 1. The van der Waals surface area contributed by atoms with Crippen molar-refractivity contribution in [2.24, 2.45) is 0 Å². The first-order valence-corrected chi connectivity index (χ1v) is 9.61. The predicted octanol–water partition coefficient (Wildman–Crippen LogP) is 2.79. The summed E-state index contributed by atoms with van der Waals surface area (Å²) in [7, 11) is 0. The van der Waals surface area contributed by atoms with Gasteiger partial charge in [0, 0.05) is 18.1 Å². The minimum absolute atomic E-state index is 0.0403. The summed E-state index contributed by atoms with van der Waals surface area (Å²) in [5, 5.41) is 6.61. The van der Waals surface area contributed by atoms with Gasteiger partial charge in [0.05, 0.1) is 5.69 Å².